The Bertz CT molecular complexity index is 767. The molecule has 140 valence electrons. The van der Waals surface area contributed by atoms with Crippen molar-refractivity contribution in [3.05, 3.63) is 34.7 Å². The van der Waals surface area contributed by atoms with E-state index >= 15 is 0 Å². The lowest BCUT2D eigenvalue weighted by atomic mass is 9.91. The molecule has 8 heteroatoms. The van der Waals surface area contributed by atoms with E-state index in [1.165, 1.54) is 23.8 Å². The number of ether oxygens (including phenoxy) is 1. The third-order valence-corrected chi connectivity index (χ3v) is 5.37. The van der Waals surface area contributed by atoms with Gasteiger partial charge in [-0.3, -0.25) is 9.69 Å². The molecule has 1 fully saturated rings. The second-order valence-corrected chi connectivity index (χ2v) is 7.65. The Labute approximate surface area is 156 Å². The van der Waals surface area contributed by atoms with Gasteiger partial charge in [0.25, 0.3) is 0 Å². The van der Waals surface area contributed by atoms with Gasteiger partial charge in [0.15, 0.2) is 5.13 Å². The molecule has 1 saturated heterocycles. The first-order valence-corrected chi connectivity index (χ1v) is 9.49. The Morgan fingerprint density at radius 2 is 2.38 bits per heavy atom. The average Bonchev–Trinajstić information content (AvgIpc) is 2.93. The van der Waals surface area contributed by atoms with E-state index in [9.17, 15) is 9.18 Å². The van der Waals surface area contributed by atoms with Crippen LogP contribution in [0.1, 0.15) is 30.2 Å². The smallest absolute Gasteiger partial charge is 0.230 e. The number of methoxy groups -OCH3 is 1. The van der Waals surface area contributed by atoms with Crippen LogP contribution in [-0.4, -0.2) is 41.0 Å². The van der Waals surface area contributed by atoms with Gasteiger partial charge in [-0.25, -0.2) is 4.98 Å². The molecule has 0 radical (unpaired) electrons. The number of hydrogen-bond donors (Lipinski definition) is 1. The van der Waals surface area contributed by atoms with Gasteiger partial charge >= 0.3 is 0 Å². The molecule has 2 aromatic heterocycles. The van der Waals surface area contributed by atoms with Crippen molar-refractivity contribution >= 4 is 22.4 Å². The minimum Gasteiger partial charge on any atom is -0.481 e. The number of carbonyl (C=O) groups excluding carboxylic acids is 1. The quantitative estimate of drug-likeness (QED) is 0.837. The standard InChI is InChI=1S/C18H23FN4O2S/c1-12(24)21-18-22-17(19)15(26-18)11-23-7-3-4-14(10-23)8-13-5-6-20-16(9-13)25-2/h5-6,9,14H,3-4,7-8,10-11H2,1-2H3,(H,21,22,24). The van der Waals surface area contributed by atoms with Crippen LogP contribution in [0.3, 0.4) is 0 Å². The van der Waals surface area contributed by atoms with Gasteiger partial charge in [-0.1, -0.05) is 11.3 Å². The van der Waals surface area contributed by atoms with Gasteiger partial charge in [-0.15, -0.1) is 0 Å². The molecule has 2 aromatic rings. The molecule has 0 saturated carbocycles. The van der Waals surface area contributed by atoms with Gasteiger partial charge in [0.2, 0.25) is 17.7 Å². The summed E-state index contributed by atoms with van der Waals surface area (Å²) in [6, 6.07) is 3.99. The number of halogens is 1. The first-order chi connectivity index (χ1) is 12.5. The second kappa shape index (κ2) is 8.55. The molecule has 1 aliphatic heterocycles. The predicted molar refractivity (Wildman–Crippen MR) is 98.9 cm³/mol. The first-order valence-electron chi connectivity index (χ1n) is 8.67. The van der Waals surface area contributed by atoms with Crippen LogP contribution in [0.4, 0.5) is 9.52 Å². The fraction of sp³-hybridized carbons (Fsp3) is 0.500. The summed E-state index contributed by atoms with van der Waals surface area (Å²) >= 11 is 1.21. The molecular weight excluding hydrogens is 355 g/mol. The fourth-order valence-electron chi connectivity index (χ4n) is 3.32. The lowest BCUT2D eigenvalue weighted by Crippen LogP contribution is -2.35. The molecule has 0 spiro atoms. The zero-order chi connectivity index (χ0) is 18.5. The third kappa shape index (κ3) is 4.98. The van der Waals surface area contributed by atoms with Crippen molar-refractivity contribution in [2.24, 2.45) is 5.92 Å². The molecule has 1 N–H and O–H groups in total. The van der Waals surface area contributed by atoms with Crippen molar-refractivity contribution in [2.45, 2.75) is 32.7 Å². The monoisotopic (exact) mass is 378 g/mol. The maximum absolute atomic E-state index is 14.0. The average molecular weight is 378 g/mol. The summed E-state index contributed by atoms with van der Waals surface area (Å²) < 4.78 is 19.2. The summed E-state index contributed by atoms with van der Waals surface area (Å²) in [5, 5.41) is 2.87. The van der Waals surface area contributed by atoms with E-state index in [-0.39, 0.29) is 5.91 Å². The highest BCUT2D eigenvalue weighted by atomic mass is 32.1. The summed E-state index contributed by atoms with van der Waals surface area (Å²) in [6.07, 6.45) is 4.97. The maximum atomic E-state index is 14.0. The van der Waals surface area contributed by atoms with Crippen LogP contribution in [0.15, 0.2) is 18.3 Å². The molecule has 3 rings (SSSR count). The molecule has 0 aliphatic carbocycles. The maximum Gasteiger partial charge on any atom is 0.230 e. The molecule has 0 aromatic carbocycles. The molecule has 1 aliphatic rings. The largest absolute Gasteiger partial charge is 0.481 e. The van der Waals surface area contributed by atoms with Crippen molar-refractivity contribution in [3.63, 3.8) is 0 Å². The van der Waals surface area contributed by atoms with Gasteiger partial charge in [-0.05, 0) is 43.4 Å². The molecule has 26 heavy (non-hydrogen) atoms. The zero-order valence-corrected chi connectivity index (χ0v) is 15.8. The Morgan fingerprint density at radius 3 is 3.15 bits per heavy atom. The van der Waals surface area contributed by atoms with Crippen molar-refractivity contribution in [1.29, 1.82) is 0 Å². The van der Waals surface area contributed by atoms with E-state index in [1.807, 2.05) is 12.1 Å². The number of rotatable bonds is 6. The Kier molecular flexibility index (Phi) is 6.16. The van der Waals surface area contributed by atoms with Gasteiger partial charge in [0, 0.05) is 32.3 Å². The number of carbonyl (C=O) groups is 1. The number of aromatic nitrogens is 2. The third-order valence-electron chi connectivity index (χ3n) is 4.44. The van der Waals surface area contributed by atoms with E-state index in [2.05, 4.69) is 20.2 Å². The van der Waals surface area contributed by atoms with Crippen molar-refractivity contribution in [1.82, 2.24) is 14.9 Å². The van der Waals surface area contributed by atoms with Crippen molar-refractivity contribution in [2.75, 3.05) is 25.5 Å². The Morgan fingerprint density at radius 1 is 1.54 bits per heavy atom. The highest BCUT2D eigenvalue weighted by Gasteiger charge is 2.23. The van der Waals surface area contributed by atoms with E-state index in [0.29, 0.717) is 28.4 Å². The Balaban J connectivity index is 1.60. The van der Waals surface area contributed by atoms with Crippen LogP contribution in [0.5, 0.6) is 5.88 Å². The summed E-state index contributed by atoms with van der Waals surface area (Å²) in [5.74, 6) is 0.421. The van der Waals surface area contributed by atoms with Crippen molar-refractivity contribution < 1.29 is 13.9 Å². The second-order valence-electron chi connectivity index (χ2n) is 6.57. The molecular formula is C18H23FN4O2S. The fourth-order valence-corrected chi connectivity index (χ4v) is 4.25. The topological polar surface area (TPSA) is 67.3 Å². The SMILES string of the molecule is COc1cc(CC2CCCN(Cc3sc(NC(C)=O)nc3F)C2)ccn1. The number of nitrogens with one attached hydrogen (secondary N) is 1. The van der Waals surface area contributed by atoms with E-state index in [0.717, 1.165) is 32.4 Å². The lowest BCUT2D eigenvalue weighted by molar-refractivity contribution is -0.114. The summed E-state index contributed by atoms with van der Waals surface area (Å²) in [4.78, 5) is 21.9. The Hall–Kier alpha value is -2.06. The highest BCUT2D eigenvalue weighted by Crippen LogP contribution is 2.27. The number of hydrogen-bond acceptors (Lipinski definition) is 6. The first kappa shape index (κ1) is 18.7. The minimum atomic E-state index is -0.486. The number of anilines is 1. The highest BCUT2D eigenvalue weighted by molar-refractivity contribution is 7.15. The summed E-state index contributed by atoms with van der Waals surface area (Å²) in [7, 11) is 1.62. The van der Waals surface area contributed by atoms with Gasteiger partial charge in [0.05, 0.1) is 12.0 Å². The molecule has 1 atom stereocenters. The molecule has 1 unspecified atom stereocenters. The van der Waals surface area contributed by atoms with Crippen LogP contribution in [-0.2, 0) is 17.8 Å². The predicted octanol–water partition coefficient (Wildman–Crippen LogP) is 3.10. The van der Waals surface area contributed by atoms with E-state index in [4.69, 9.17) is 4.74 Å². The molecule has 1 amide bonds. The van der Waals surface area contributed by atoms with Crippen LogP contribution >= 0.6 is 11.3 Å². The lowest BCUT2D eigenvalue weighted by Gasteiger charge is -2.32. The van der Waals surface area contributed by atoms with Gasteiger partial charge in [-0.2, -0.15) is 9.37 Å². The van der Waals surface area contributed by atoms with Gasteiger partial charge < -0.3 is 10.1 Å². The minimum absolute atomic E-state index is 0.240. The number of nitrogens with zero attached hydrogens (tertiary/aromatic N) is 3. The summed E-state index contributed by atoms with van der Waals surface area (Å²) in [5.41, 5.74) is 1.21. The summed E-state index contributed by atoms with van der Waals surface area (Å²) in [6.45, 7) is 3.78. The van der Waals surface area contributed by atoms with Crippen LogP contribution < -0.4 is 10.1 Å². The number of pyridine rings is 1. The van der Waals surface area contributed by atoms with Crippen LogP contribution in [0.2, 0.25) is 0 Å². The number of thiazole rings is 1. The normalized spacial score (nSPS) is 17.9. The zero-order valence-electron chi connectivity index (χ0n) is 15.0. The number of likely N-dealkylation sites (tertiary alicyclic amines) is 1. The molecule has 0 bridgehead atoms. The van der Waals surface area contributed by atoms with Crippen molar-refractivity contribution in [3.8, 4) is 5.88 Å². The number of amides is 1. The van der Waals surface area contributed by atoms with E-state index < -0.39 is 5.95 Å². The van der Waals surface area contributed by atoms with E-state index in [1.54, 1.807) is 13.3 Å². The molecule has 3 heterocycles. The van der Waals surface area contributed by atoms with Crippen LogP contribution in [0.25, 0.3) is 0 Å². The van der Waals surface area contributed by atoms with Gasteiger partial charge in [0.1, 0.15) is 0 Å². The number of piperidine rings is 1. The molecule has 6 nitrogen and oxygen atoms in total. The van der Waals surface area contributed by atoms with Crippen LogP contribution in [0, 0.1) is 11.9 Å².